The van der Waals surface area contributed by atoms with E-state index in [4.69, 9.17) is 9.84 Å². The van der Waals surface area contributed by atoms with Gasteiger partial charge in [0.15, 0.2) is 0 Å². The largest absolute Gasteiger partial charge is 0.465 e. The van der Waals surface area contributed by atoms with Crippen LogP contribution in [0.2, 0.25) is 0 Å². The first kappa shape index (κ1) is 17.6. The summed E-state index contributed by atoms with van der Waals surface area (Å²) in [6, 6.07) is 9.50. The molecule has 2 rings (SSSR count). The molecule has 1 atom stereocenters. The molecule has 3 N–H and O–H groups in total. The van der Waals surface area contributed by atoms with Gasteiger partial charge in [-0.25, -0.2) is 9.59 Å². The zero-order valence-electron chi connectivity index (χ0n) is 13.4. The molecule has 1 heterocycles. The van der Waals surface area contributed by atoms with Gasteiger partial charge >= 0.3 is 12.2 Å². The number of carbonyl (C=O) groups excluding carboxylic acids is 1. The zero-order valence-corrected chi connectivity index (χ0v) is 13.4. The van der Waals surface area contributed by atoms with E-state index >= 15 is 0 Å². The summed E-state index contributed by atoms with van der Waals surface area (Å²) in [7, 11) is 0. The molecular weight excluding hydrogens is 312 g/mol. The van der Waals surface area contributed by atoms with Crippen LogP contribution in [0.25, 0.3) is 0 Å². The first-order chi connectivity index (χ1) is 11.6. The van der Waals surface area contributed by atoms with Crippen molar-refractivity contribution in [3.63, 3.8) is 0 Å². The van der Waals surface area contributed by atoms with Crippen LogP contribution in [0.4, 0.5) is 9.59 Å². The van der Waals surface area contributed by atoms with Crippen molar-refractivity contribution in [2.24, 2.45) is 11.0 Å². The first-order valence-corrected chi connectivity index (χ1v) is 7.85. The highest BCUT2D eigenvalue weighted by Crippen LogP contribution is 2.15. The lowest BCUT2D eigenvalue weighted by atomic mass is 9.99. The summed E-state index contributed by atoms with van der Waals surface area (Å²) in [4.78, 5) is 22.1. The smallest absolute Gasteiger partial charge is 0.409 e. The second kappa shape index (κ2) is 9.39. The van der Waals surface area contributed by atoms with Gasteiger partial charge in [0.25, 0.3) is 0 Å². The Morgan fingerprint density at radius 1 is 1.38 bits per heavy atom. The predicted molar refractivity (Wildman–Crippen MR) is 88.6 cm³/mol. The van der Waals surface area contributed by atoms with Crippen LogP contribution in [0, 0.1) is 5.92 Å². The molecule has 1 aliphatic heterocycles. The molecule has 1 saturated heterocycles. The van der Waals surface area contributed by atoms with E-state index in [-0.39, 0.29) is 12.5 Å². The van der Waals surface area contributed by atoms with Gasteiger partial charge < -0.3 is 15.2 Å². The van der Waals surface area contributed by atoms with E-state index in [0.717, 1.165) is 31.3 Å². The third kappa shape index (κ3) is 6.55. The van der Waals surface area contributed by atoms with Crippen LogP contribution >= 0.6 is 0 Å². The Morgan fingerprint density at radius 3 is 2.92 bits per heavy atom. The maximum Gasteiger partial charge on any atom is 0.409 e. The average molecular weight is 334 g/mol. The fraction of sp³-hybridized carbons (Fsp3) is 0.438. The highest BCUT2D eigenvalue weighted by molar-refractivity contribution is 5.80. The van der Waals surface area contributed by atoms with Crippen molar-refractivity contribution in [2.75, 3.05) is 19.6 Å². The second-order valence-corrected chi connectivity index (χ2v) is 5.56. The molecule has 1 aromatic carbocycles. The highest BCUT2D eigenvalue weighted by Gasteiger charge is 2.19. The fourth-order valence-corrected chi connectivity index (χ4v) is 2.48. The van der Waals surface area contributed by atoms with Crippen molar-refractivity contribution in [2.45, 2.75) is 19.4 Å². The van der Waals surface area contributed by atoms with Crippen LogP contribution in [0.3, 0.4) is 0 Å². The number of amides is 2. The normalized spacial score (nSPS) is 17.5. The molecule has 2 amide bonds. The van der Waals surface area contributed by atoms with Gasteiger partial charge in [0, 0.05) is 19.6 Å². The Morgan fingerprint density at radius 2 is 2.17 bits per heavy atom. The molecule has 1 aromatic rings. The van der Waals surface area contributed by atoms with Crippen LogP contribution in [0.15, 0.2) is 35.4 Å². The SMILES string of the molecule is O=C(O)NC=NN1CCC[C@@H](CNC(=O)OCc2ccccc2)C1. The molecule has 8 heteroatoms. The molecule has 0 saturated carbocycles. The lowest BCUT2D eigenvalue weighted by Gasteiger charge is -2.30. The van der Waals surface area contributed by atoms with E-state index in [1.54, 1.807) is 5.01 Å². The Labute approximate surface area is 140 Å². The van der Waals surface area contributed by atoms with Gasteiger partial charge in [0.1, 0.15) is 12.9 Å². The summed E-state index contributed by atoms with van der Waals surface area (Å²) in [5.74, 6) is 0.255. The topological polar surface area (TPSA) is 103 Å². The molecule has 24 heavy (non-hydrogen) atoms. The lowest BCUT2D eigenvalue weighted by Crippen LogP contribution is -2.39. The number of nitrogens with zero attached hydrogens (tertiary/aromatic N) is 2. The molecule has 0 bridgehead atoms. The van der Waals surface area contributed by atoms with Gasteiger partial charge in [-0.2, -0.15) is 5.10 Å². The van der Waals surface area contributed by atoms with E-state index in [9.17, 15) is 9.59 Å². The molecule has 0 aromatic heterocycles. The molecule has 1 aliphatic rings. The number of benzene rings is 1. The number of piperidine rings is 1. The molecular formula is C16H22N4O4. The molecule has 0 unspecified atom stereocenters. The number of rotatable bonds is 6. The average Bonchev–Trinajstić information content (AvgIpc) is 2.59. The molecule has 8 nitrogen and oxygen atoms in total. The van der Waals surface area contributed by atoms with Gasteiger partial charge in [-0.05, 0) is 24.3 Å². The summed E-state index contributed by atoms with van der Waals surface area (Å²) in [6.07, 6.45) is 1.50. The summed E-state index contributed by atoms with van der Waals surface area (Å²) < 4.78 is 5.17. The molecule has 130 valence electrons. The Bertz CT molecular complexity index is 564. The van der Waals surface area contributed by atoms with Crippen molar-refractivity contribution in [3.05, 3.63) is 35.9 Å². The first-order valence-electron chi connectivity index (χ1n) is 7.85. The summed E-state index contributed by atoms with van der Waals surface area (Å²) in [6.45, 7) is 2.18. The van der Waals surface area contributed by atoms with E-state index in [1.807, 2.05) is 30.3 Å². The minimum Gasteiger partial charge on any atom is -0.465 e. The van der Waals surface area contributed by atoms with Crippen molar-refractivity contribution < 1.29 is 19.4 Å². The van der Waals surface area contributed by atoms with Crippen molar-refractivity contribution in [1.29, 1.82) is 0 Å². The molecule has 0 radical (unpaired) electrons. The number of hydrogen-bond acceptors (Lipinski definition) is 5. The van der Waals surface area contributed by atoms with Crippen LogP contribution in [-0.4, -0.2) is 48.3 Å². The molecule has 0 spiro atoms. The van der Waals surface area contributed by atoms with Crippen molar-refractivity contribution >= 4 is 18.5 Å². The number of nitrogens with one attached hydrogen (secondary N) is 2. The summed E-state index contributed by atoms with van der Waals surface area (Å²) in [5.41, 5.74) is 0.941. The van der Waals surface area contributed by atoms with E-state index < -0.39 is 12.2 Å². The van der Waals surface area contributed by atoms with Gasteiger partial charge in [-0.3, -0.25) is 10.3 Å². The second-order valence-electron chi connectivity index (χ2n) is 5.56. The molecule has 1 fully saturated rings. The lowest BCUT2D eigenvalue weighted by molar-refractivity contribution is 0.131. The number of alkyl carbamates (subject to hydrolysis) is 1. The minimum atomic E-state index is -1.14. The van der Waals surface area contributed by atoms with E-state index in [2.05, 4.69) is 15.7 Å². The van der Waals surface area contributed by atoms with Crippen LogP contribution in [-0.2, 0) is 11.3 Å². The van der Waals surface area contributed by atoms with Crippen molar-refractivity contribution in [1.82, 2.24) is 15.6 Å². The number of hydrazone groups is 1. The predicted octanol–water partition coefficient (Wildman–Crippen LogP) is 1.84. The monoisotopic (exact) mass is 334 g/mol. The highest BCUT2D eigenvalue weighted by atomic mass is 16.5. The van der Waals surface area contributed by atoms with Gasteiger partial charge in [-0.1, -0.05) is 30.3 Å². The van der Waals surface area contributed by atoms with Gasteiger partial charge in [0.05, 0.1) is 0 Å². The quantitative estimate of drug-likeness (QED) is 0.544. The van der Waals surface area contributed by atoms with Crippen LogP contribution in [0.5, 0.6) is 0 Å². The van der Waals surface area contributed by atoms with E-state index in [0.29, 0.717) is 13.1 Å². The van der Waals surface area contributed by atoms with Gasteiger partial charge in [0.2, 0.25) is 0 Å². The number of carbonyl (C=O) groups is 2. The zero-order chi connectivity index (χ0) is 17.2. The van der Waals surface area contributed by atoms with Crippen LogP contribution < -0.4 is 10.6 Å². The number of carboxylic acid groups (broad SMARTS) is 1. The minimum absolute atomic E-state index is 0.245. The van der Waals surface area contributed by atoms with Gasteiger partial charge in [-0.15, -0.1) is 0 Å². The fourth-order valence-electron chi connectivity index (χ4n) is 2.48. The number of hydrogen-bond donors (Lipinski definition) is 3. The standard InChI is InChI=1S/C16H22N4O4/c21-15(22)18-12-19-20-8-4-7-14(10-20)9-17-16(23)24-11-13-5-2-1-3-6-13/h1-3,5-6,12,14H,4,7-11H2,(H,17,23)(H,18,19)(H,21,22)/t14-/m0/s1. The maximum atomic E-state index is 11.7. The third-order valence-corrected chi connectivity index (χ3v) is 3.65. The molecule has 0 aliphatic carbocycles. The number of ether oxygens (including phenoxy) is 1. The Kier molecular flexibility index (Phi) is 6.88. The third-order valence-electron chi connectivity index (χ3n) is 3.65. The Hall–Kier alpha value is -2.77. The maximum absolute atomic E-state index is 11.7. The summed E-state index contributed by atoms with van der Waals surface area (Å²) in [5, 5.41) is 19.2. The van der Waals surface area contributed by atoms with Crippen LogP contribution in [0.1, 0.15) is 18.4 Å². The summed E-state index contributed by atoms with van der Waals surface area (Å²) >= 11 is 0. The van der Waals surface area contributed by atoms with E-state index in [1.165, 1.54) is 0 Å². The Balaban J connectivity index is 1.66. The van der Waals surface area contributed by atoms with Crippen molar-refractivity contribution in [3.8, 4) is 0 Å².